The van der Waals surface area contributed by atoms with E-state index in [9.17, 15) is 0 Å². The molecule has 0 fully saturated rings. The number of benzene rings is 4. The second-order valence-electron chi connectivity index (χ2n) is 9.41. The molecule has 0 saturated heterocycles. The number of ether oxygens (including phenoxy) is 6. The van der Waals surface area contributed by atoms with E-state index >= 15 is 0 Å². The number of fused-ring (bicyclic) bond motifs is 2. The van der Waals surface area contributed by atoms with Crippen LogP contribution >= 0.6 is 0 Å². The minimum atomic E-state index is 0.0491. The smallest absolute Gasteiger partial charge is 0.231 e. The van der Waals surface area contributed by atoms with Gasteiger partial charge in [0.2, 0.25) is 13.6 Å². The highest BCUT2D eigenvalue weighted by Crippen LogP contribution is 2.52. The third-order valence-corrected chi connectivity index (χ3v) is 5.86. The van der Waals surface area contributed by atoms with Gasteiger partial charge < -0.3 is 28.4 Å². The van der Waals surface area contributed by atoms with Crippen molar-refractivity contribution >= 4 is 0 Å². The zero-order chi connectivity index (χ0) is 26.5. The van der Waals surface area contributed by atoms with E-state index in [1.165, 1.54) is 5.56 Å². The number of para-hydroxylation sites is 2. The first-order valence-corrected chi connectivity index (χ1v) is 12.8. The fraction of sp³-hybridized carbons (Fsp3) is 0.250. The monoisotopic (exact) mass is 512 g/mol. The van der Waals surface area contributed by atoms with E-state index in [-0.39, 0.29) is 25.8 Å². The van der Waals surface area contributed by atoms with Crippen molar-refractivity contribution in [3.63, 3.8) is 0 Å². The molecule has 0 spiro atoms. The van der Waals surface area contributed by atoms with Gasteiger partial charge in [0.15, 0.2) is 23.0 Å². The van der Waals surface area contributed by atoms with Crippen molar-refractivity contribution in [3.05, 3.63) is 84.9 Å². The molecule has 0 bridgehead atoms. The summed E-state index contributed by atoms with van der Waals surface area (Å²) in [6, 6.07) is 28.0. The normalized spacial score (nSPS) is 12.8. The van der Waals surface area contributed by atoms with Gasteiger partial charge in [0.05, 0.1) is 17.8 Å². The summed E-state index contributed by atoms with van der Waals surface area (Å²) in [5.41, 5.74) is 4.06. The predicted octanol–water partition coefficient (Wildman–Crippen LogP) is 7.74. The quantitative estimate of drug-likeness (QED) is 0.263. The molecule has 0 saturated carbocycles. The Balaban J connectivity index is 0.000000163. The summed E-state index contributed by atoms with van der Waals surface area (Å²) in [6.07, 6.45) is 0.248. The molecule has 0 aliphatic carbocycles. The molecule has 6 nitrogen and oxygen atoms in total. The molecule has 4 aromatic rings. The summed E-state index contributed by atoms with van der Waals surface area (Å²) in [5.74, 6) is 4.51. The Bertz CT molecular complexity index is 1380. The van der Waals surface area contributed by atoms with Gasteiger partial charge in [0, 0.05) is 11.1 Å². The maximum atomic E-state index is 5.95. The summed E-state index contributed by atoms with van der Waals surface area (Å²) in [6.45, 7) is 8.50. The van der Waals surface area contributed by atoms with Crippen molar-refractivity contribution in [3.8, 4) is 56.8 Å². The molecule has 6 heteroatoms. The van der Waals surface area contributed by atoms with Crippen LogP contribution in [-0.4, -0.2) is 25.8 Å². The lowest BCUT2D eigenvalue weighted by atomic mass is 10.0. The molecule has 4 aromatic carbocycles. The first-order chi connectivity index (χ1) is 18.5. The summed E-state index contributed by atoms with van der Waals surface area (Å²) < 4.78 is 34.0. The second-order valence-corrected chi connectivity index (χ2v) is 9.41. The lowest BCUT2D eigenvalue weighted by molar-refractivity contribution is 0.172. The van der Waals surface area contributed by atoms with E-state index in [0.29, 0.717) is 17.2 Å². The van der Waals surface area contributed by atoms with Crippen molar-refractivity contribution in [2.45, 2.75) is 39.9 Å². The number of hydrogen-bond acceptors (Lipinski definition) is 6. The summed E-state index contributed by atoms with van der Waals surface area (Å²) >= 11 is 0. The van der Waals surface area contributed by atoms with Gasteiger partial charge in [-0.05, 0) is 57.5 Å². The molecule has 0 N–H and O–H groups in total. The van der Waals surface area contributed by atoms with Crippen molar-refractivity contribution in [2.24, 2.45) is 0 Å². The summed E-state index contributed by atoms with van der Waals surface area (Å²) in [7, 11) is 0. The Morgan fingerprint density at radius 1 is 0.526 bits per heavy atom. The molecule has 2 aliphatic heterocycles. The van der Waals surface area contributed by atoms with Gasteiger partial charge >= 0.3 is 0 Å². The maximum Gasteiger partial charge on any atom is 0.231 e. The molecule has 0 atom stereocenters. The zero-order valence-electron chi connectivity index (χ0n) is 22.1. The van der Waals surface area contributed by atoms with Crippen LogP contribution in [0.4, 0.5) is 0 Å². The first-order valence-electron chi connectivity index (χ1n) is 12.8. The highest BCUT2D eigenvalue weighted by molar-refractivity contribution is 5.85. The van der Waals surface area contributed by atoms with Crippen LogP contribution in [0.1, 0.15) is 27.7 Å². The zero-order valence-corrected chi connectivity index (χ0v) is 22.1. The van der Waals surface area contributed by atoms with Crippen LogP contribution in [0.15, 0.2) is 84.9 Å². The molecule has 196 valence electrons. The molecule has 6 rings (SSSR count). The summed E-state index contributed by atoms with van der Waals surface area (Å²) in [5, 5.41) is 0. The topological polar surface area (TPSA) is 55.4 Å². The van der Waals surface area contributed by atoms with Crippen molar-refractivity contribution in [2.75, 3.05) is 13.6 Å². The molecule has 2 aliphatic rings. The van der Waals surface area contributed by atoms with Crippen LogP contribution in [-0.2, 0) is 0 Å². The Morgan fingerprint density at radius 2 is 1.13 bits per heavy atom. The SMILES string of the molecule is CC(C)Oc1ccc2c(c1-c1cccc3c1OCO3)OCO2.CC(C)Oc1ccccc1-c1ccccc1. The van der Waals surface area contributed by atoms with E-state index in [2.05, 4.69) is 18.2 Å². The van der Waals surface area contributed by atoms with Crippen molar-refractivity contribution in [1.82, 2.24) is 0 Å². The van der Waals surface area contributed by atoms with Gasteiger partial charge in [0.25, 0.3) is 0 Å². The Hall–Kier alpha value is -4.32. The molecular formula is C32H32O6. The Kier molecular flexibility index (Phi) is 7.59. The molecular weight excluding hydrogens is 480 g/mol. The van der Waals surface area contributed by atoms with Crippen LogP contribution in [0, 0.1) is 0 Å². The largest absolute Gasteiger partial charge is 0.490 e. The van der Waals surface area contributed by atoms with E-state index in [1.54, 1.807) is 0 Å². The fourth-order valence-electron chi connectivity index (χ4n) is 4.37. The van der Waals surface area contributed by atoms with Crippen LogP contribution in [0.3, 0.4) is 0 Å². The van der Waals surface area contributed by atoms with E-state index in [4.69, 9.17) is 28.4 Å². The molecule has 38 heavy (non-hydrogen) atoms. The van der Waals surface area contributed by atoms with Crippen LogP contribution < -0.4 is 28.4 Å². The van der Waals surface area contributed by atoms with E-state index < -0.39 is 0 Å². The maximum absolute atomic E-state index is 5.95. The van der Waals surface area contributed by atoms with Crippen molar-refractivity contribution in [1.29, 1.82) is 0 Å². The first kappa shape index (κ1) is 25.3. The average Bonchev–Trinajstić information content (AvgIpc) is 3.59. The Morgan fingerprint density at radius 3 is 1.87 bits per heavy atom. The highest BCUT2D eigenvalue weighted by Gasteiger charge is 2.28. The minimum absolute atomic E-state index is 0.0491. The predicted molar refractivity (Wildman–Crippen MR) is 148 cm³/mol. The third kappa shape index (κ3) is 5.49. The van der Waals surface area contributed by atoms with Gasteiger partial charge in [-0.2, -0.15) is 0 Å². The molecule has 0 amide bonds. The second kappa shape index (κ2) is 11.4. The fourth-order valence-corrected chi connectivity index (χ4v) is 4.37. The molecule has 2 heterocycles. The number of rotatable bonds is 6. The molecule has 0 unspecified atom stereocenters. The van der Waals surface area contributed by atoms with E-state index in [0.717, 1.165) is 33.9 Å². The van der Waals surface area contributed by atoms with E-state index in [1.807, 2.05) is 94.4 Å². The Labute approximate surface area is 223 Å². The summed E-state index contributed by atoms with van der Waals surface area (Å²) in [4.78, 5) is 0. The minimum Gasteiger partial charge on any atom is -0.490 e. The lowest BCUT2D eigenvalue weighted by Gasteiger charge is -2.17. The lowest BCUT2D eigenvalue weighted by Crippen LogP contribution is -2.07. The molecule has 0 radical (unpaired) electrons. The number of hydrogen-bond donors (Lipinski definition) is 0. The van der Waals surface area contributed by atoms with Crippen LogP contribution in [0.5, 0.6) is 34.5 Å². The van der Waals surface area contributed by atoms with Gasteiger partial charge in [-0.3, -0.25) is 0 Å². The van der Waals surface area contributed by atoms with Gasteiger partial charge in [-0.15, -0.1) is 0 Å². The van der Waals surface area contributed by atoms with Gasteiger partial charge in [-0.25, -0.2) is 0 Å². The molecule has 0 aromatic heterocycles. The van der Waals surface area contributed by atoms with Crippen LogP contribution in [0.2, 0.25) is 0 Å². The van der Waals surface area contributed by atoms with Gasteiger partial charge in [-0.1, -0.05) is 60.7 Å². The van der Waals surface area contributed by atoms with Gasteiger partial charge in [0.1, 0.15) is 11.5 Å². The van der Waals surface area contributed by atoms with Crippen LogP contribution in [0.25, 0.3) is 22.3 Å². The standard InChI is InChI=1S/C17H16O5.C15H16O/c1-10(2)22-12-6-7-14-17(21-9-19-14)15(12)11-4-3-5-13-16(11)20-8-18-13;1-12(2)16-15-11-7-6-10-14(15)13-8-4-3-5-9-13/h3-7,10H,8-9H2,1-2H3;3-12H,1-2H3. The third-order valence-electron chi connectivity index (χ3n) is 5.86. The highest BCUT2D eigenvalue weighted by atomic mass is 16.7. The average molecular weight is 513 g/mol. The van der Waals surface area contributed by atoms with Crippen molar-refractivity contribution < 1.29 is 28.4 Å².